The summed E-state index contributed by atoms with van der Waals surface area (Å²) in [5, 5.41) is 0. The van der Waals surface area contributed by atoms with Crippen LogP contribution in [0.5, 0.6) is 11.5 Å². The highest BCUT2D eigenvalue weighted by atomic mass is 16.5. The van der Waals surface area contributed by atoms with Crippen molar-refractivity contribution >= 4 is 29.4 Å². The van der Waals surface area contributed by atoms with E-state index < -0.39 is 46.6 Å². The molecule has 0 saturated carbocycles. The molecule has 0 unspecified atom stereocenters. The fraction of sp³-hybridized carbons (Fsp3) is 0.389. The Morgan fingerprint density at radius 1 is 0.800 bits per heavy atom. The van der Waals surface area contributed by atoms with E-state index in [2.05, 4.69) is 0 Å². The van der Waals surface area contributed by atoms with E-state index in [1.807, 2.05) is 13.0 Å². The maximum absolute atomic E-state index is 15.5. The van der Waals surface area contributed by atoms with E-state index >= 15 is 4.79 Å². The van der Waals surface area contributed by atoms with Crippen molar-refractivity contribution in [2.24, 2.45) is 10.8 Å². The number of aryl methyl sites for hydroxylation is 1. The minimum absolute atomic E-state index is 0.127. The summed E-state index contributed by atoms with van der Waals surface area (Å²) in [5.74, 6) is -1.41. The zero-order valence-electron chi connectivity index (χ0n) is 27.5. The van der Waals surface area contributed by atoms with E-state index in [0.717, 1.165) is 4.90 Å². The van der Waals surface area contributed by atoms with Gasteiger partial charge in [0.15, 0.2) is 0 Å². The van der Waals surface area contributed by atoms with Gasteiger partial charge in [0.2, 0.25) is 0 Å². The summed E-state index contributed by atoms with van der Waals surface area (Å²) < 4.78 is 17.2. The van der Waals surface area contributed by atoms with Crippen LogP contribution in [0.2, 0.25) is 0 Å². The molecule has 9 nitrogen and oxygen atoms in total. The van der Waals surface area contributed by atoms with Crippen molar-refractivity contribution in [1.29, 1.82) is 0 Å². The van der Waals surface area contributed by atoms with Crippen LogP contribution in [0, 0.1) is 17.8 Å². The predicted molar refractivity (Wildman–Crippen MR) is 172 cm³/mol. The van der Waals surface area contributed by atoms with E-state index in [1.54, 1.807) is 102 Å². The molecule has 0 saturated heterocycles. The third kappa shape index (κ3) is 5.91. The molecule has 1 aliphatic heterocycles. The first-order chi connectivity index (χ1) is 21.2. The molecule has 0 radical (unpaired) electrons. The highest BCUT2D eigenvalue weighted by molar-refractivity contribution is 6.23. The maximum atomic E-state index is 15.5. The molecule has 3 amide bonds. The molecule has 0 spiro atoms. The molecule has 9 heteroatoms. The van der Waals surface area contributed by atoms with E-state index in [-0.39, 0.29) is 17.7 Å². The number of hydrogen-bond acceptors (Lipinski definition) is 7. The van der Waals surface area contributed by atoms with Crippen LogP contribution < -0.4 is 14.4 Å². The van der Waals surface area contributed by atoms with Crippen molar-refractivity contribution < 1.29 is 33.4 Å². The summed E-state index contributed by atoms with van der Waals surface area (Å²) in [4.78, 5) is 59.7. The number of ether oxygens (including phenoxy) is 3. The number of carbonyl (C=O) groups is 4. The van der Waals surface area contributed by atoms with Gasteiger partial charge in [-0.15, -0.1) is 0 Å². The number of methoxy groups -OCH3 is 2. The molecule has 3 aromatic rings. The van der Waals surface area contributed by atoms with E-state index in [4.69, 9.17) is 14.2 Å². The molecule has 3 aromatic carbocycles. The van der Waals surface area contributed by atoms with Crippen LogP contribution in [-0.4, -0.2) is 55.5 Å². The lowest BCUT2D eigenvalue weighted by molar-refractivity contribution is -0.155. The number of rotatable bonds is 10. The number of hydrogen-bond donors (Lipinski definition) is 0. The molecule has 0 aromatic heterocycles. The largest absolute Gasteiger partial charge is 0.496 e. The summed E-state index contributed by atoms with van der Waals surface area (Å²) in [6, 6.07) is 16.8. The molecule has 0 N–H and O–H groups in total. The maximum Gasteiger partial charge on any atom is 0.313 e. The molecule has 0 bridgehead atoms. The monoisotopic (exact) mass is 614 g/mol. The fourth-order valence-corrected chi connectivity index (χ4v) is 6.09. The third-order valence-electron chi connectivity index (χ3n) is 8.21. The molecular weight excluding hydrogens is 572 g/mol. The van der Waals surface area contributed by atoms with Crippen molar-refractivity contribution in [3.8, 4) is 11.5 Å². The first-order valence-electron chi connectivity index (χ1n) is 15.0. The average Bonchev–Trinajstić information content (AvgIpc) is 3.24. The van der Waals surface area contributed by atoms with Crippen molar-refractivity contribution in [3.05, 3.63) is 89.0 Å². The highest BCUT2D eigenvalue weighted by Crippen LogP contribution is 2.49. The van der Waals surface area contributed by atoms with E-state index in [0.29, 0.717) is 28.3 Å². The van der Waals surface area contributed by atoms with Crippen LogP contribution in [0.4, 0.5) is 5.69 Å². The van der Waals surface area contributed by atoms with Gasteiger partial charge in [-0.3, -0.25) is 29.0 Å². The van der Waals surface area contributed by atoms with Gasteiger partial charge in [0.1, 0.15) is 17.5 Å². The van der Waals surface area contributed by atoms with Gasteiger partial charge >= 0.3 is 5.97 Å². The van der Waals surface area contributed by atoms with E-state index in [9.17, 15) is 14.4 Å². The Kier molecular flexibility index (Phi) is 9.42. The Labute approximate surface area is 265 Å². The first-order valence-corrected chi connectivity index (χ1v) is 15.0. The zero-order chi connectivity index (χ0) is 33.3. The van der Waals surface area contributed by atoms with Crippen LogP contribution in [0.15, 0.2) is 66.7 Å². The van der Waals surface area contributed by atoms with Gasteiger partial charge in [-0.25, -0.2) is 0 Å². The first kappa shape index (κ1) is 33.2. The number of fused-ring (bicyclic) bond motifs is 1. The Balaban J connectivity index is 2.09. The van der Waals surface area contributed by atoms with Crippen LogP contribution >= 0.6 is 0 Å². The molecule has 1 aliphatic rings. The van der Waals surface area contributed by atoms with Gasteiger partial charge in [0.25, 0.3) is 17.7 Å². The highest BCUT2D eigenvalue weighted by Gasteiger charge is 2.53. The Bertz CT molecular complexity index is 1590. The van der Waals surface area contributed by atoms with Gasteiger partial charge in [0, 0.05) is 5.56 Å². The number of carbonyl (C=O) groups excluding carboxylic acids is 4. The second-order valence-corrected chi connectivity index (χ2v) is 12.7. The summed E-state index contributed by atoms with van der Waals surface area (Å²) in [6.07, 6.45) is 0. The SMILES string of the molecule is CCOC(=O)C(C)(C)[C@H](c1ccccc1OC)N(C(=O)[C@@H](N1C(=O)c2ccccc2C1=O)C(C)(C)C)c1c(C)cccc1OC. The third-order valence-corrected chi connectivity index (χ3v) is 8.21. The number of anilines is 1. The number of amides is 3. The summed E-state index contributed by atoms with van der Waals surface area (Å²) in [7, 11) is 3.02. The van der Waals surface area contributed by atoms with Crippen LogP contribution in [0.1, 0.15) is 79.4 Å². The second kappa shape index (κ2) is 12.8. The minimum atomic E-state index is -1.36. The number of para-hydroxylation sites is 2. The van der Waals surface area contributed by atoms with Gasteiger partial charge < -0.3 is 14.2 Å². The Morgan fingerprint density at radius 3 is 1.87 bits per heavy atom. The number of imide groups is 1. The fourth-order valence-electron chi connectivity index (χ4n) is 6.09. The van der Waals surface area contributed by atoms with Crippen LogP contribution in [0.3, 0.4) is 0 Å². The standard InChI is InChI=1S/C36H42N2O7/c1-10-45-34(42)36(6,7)29(25-19-13-14-20-26(25)43-8)37(28-22(2)16-15-21-27(28)44-9)33(41)30(35(3,4)5)38-31(39)23-17-11-12-18-24(23)32(38)40/h11-21,29-30H,10H2,1-9H3/t29-,30+/m0/s1. The Hall–Kier alpha value is -4.66. The van der Waals surface area contributed by atoms with Gasteiger partial charge in [-0.05, 0) is 62.9 Å². The van der Waals surface area contributed by atoms with Crippen LogP contribution in [-0.2, 0) is 14.3 Å². The number of benzene rings is 3. The summed E-state index contributed by atoms with van der Waals surface area (Å²) in [6.45, 7) is 12.5. The summed E-state index contributed by atoms with van der Waals surface area (Å²) >= 11 is 0. The van der Waals surface area contributed by atoms with Crippen molar-refractivity contribution in [2.75, 3.05) is 25.7 Å². The van der Waals surface area contributed by atoms with Gasteiger partial charge in [-0.1, -0.05) is 63.2 Å². The van der Waals surface area contributed by atoms with Gasteiger partial charge in [-0.2, -0.15) is 0 Å². The molecular formula is C36H42N2O7. The number of esters is 1. The Morgan fingerprint density at radius 2 is 1.33 bits per heavy atom. The van der Waals surface area contributed by atoms with Crippen molar-refractivity contribution in [2.45, 2.75) is 60.5 Å². The normalized spacial score (nSPS) is 14.5. The molecule has 0 fully saturated rings. The van der Waals surface area contributed by atoms with E-state index in [1.165, 1.54) is 19.1 Å². The lowest BCUT2D eigenvalue weighted by Crippen LogP contribution is -2.59. The minimum Gasteiger partial charge on any atom is -0.496 e. The average molecular weight is 615 g/mol. The molecule has 45 heavy (non-hydrogen) atoms. The lowest BCUT2D eigenvalue weighted by Gasteiger charge is -2.46. The van der Waals surface area contributed by atoms with Crippen molar-refractivity contribution in [3.63, 3.8) is 0 Å². The lowest BCUT2D eigenvalue weighted by atomic mass is 9.77. The molecule has 2 atom stereocenters. The van der Waals surface area contributed by atoms with Crippen molar-refractivity contribution in [1.82, 2.24) is 4.90 Å². The second-order valence-electron chi connectivity index (χ2n) is 12.7. The predicted octanol–water partition coefficient (Wildman–Crippen LogP) is 6.39. The van der Waals surface area contributed by atoms with Gasteiger partial charge in [0.05, 0.1) is 49.1 Å². The molecule has 238 valence electrons. The quantitative estimate of drug-likeness (QED) is 0.193. The summed E-state index contributed by atoms with van der Waals surface area (Å²) in [5.41, 5.74) is -0.223. The number of nitrogens with zero attached hydrogens (tertiary/aromatic N) is 2. The molecule has 1 heterocycles. The zero-order valence-corrected chi connectivity index (χ0v) is 27.5. The molecule has 4 rings (SSSR count). The smallest absolute Gasteiger partial charge is 0.313 e. The topological polar surface area (TPSA) is 102 Å². The van der Waals surface area contributed by atoms with Crippen LogP contribution in [0.25, 0.3) is 0 Å². The molecule has 0 aliphatic carbocycles.